The zero-order valence-electron chi connectivity index (χ0n) is 39.5. The molecular weight excluding hydrogens is 689 g/mol. The number of likely N-dealkylation sites (N-methyl/N-ethyl adjacent to an activating group) is 2. The standard InChI is InChI=1S/C50H106N4O2/c1-7-9-11-13-15-17-19-21-23-25-27-29-31-33-35-37-43-53(3,4)47-49(55)45-51-39-41-52(42-40-51)46-50(56)48-54(5,6)44-38-36-34-32-30-28-26-24-22-20-18-16-14-12-10-8-2/h49-50,55-56H,7-48H2,1-6H3/q+2. The number of piperazine rings is 1. The molecule has 0 aromatic carbocycles. The Labute approximate surface area is 353 Å². The maximum absolute atomic E-state index is 11.0. The van der Waals surface area contributed by atoms with Gasteiger partial charge in [-0.1, -0.05) is 194 Å². The molecule has 0 radical (unpaired) electrons. The van der Waals surface area contributed by atoms with E-state index in [0.29, 0.717) is 0 Å². The maximum Gasteiger partial charge on any atom is 0.115 e. The third-order valence-electron chi connectivity index (χ3n) is 13.0. The quantitative estimate of drug-likeness (QED) is 0.0477. The van der Waals surface area contributed by atoms with Gasteiger partial charge in [-0.2, -0.15) is 0 Å². The van der Waals surface area contributed by atoms with Gasteiger partial charge in [0.15, 0.2) is 0 Å². The Kier molecular flexibility index (Phi) is 35.1. The van der Waals surface area contributed by atoms with Gasteiger partial charge in [0.2, 0.25) is 0 Å². The molecule has 1 aliphatic heterocycles. The highest BCUT2D eigenvalue weighted by Gasteiger charge is 2.27. The third-order valence-corrected chi connectivity index (χ3v) is 13.0. The van der Waals surface area contributed by atoms with E-state index in [0.717, 1.165) is 74.4 Å². The van der Waals surface area contributed by atoms with E-state index in [4.69, 9.17) is 0 Å². The van der Waals surface area contributed by atoms with Crippen LogP contribution in [0.15, 0.2) is 0 Å². The van der Waals surface area contributed by atoms with Crippen molar-refractivity contribution in [1.29, 1.82) is 0 Å². The van der Waals surface area contributed by atoms with Crippen LogP contribution in [0.3, 0.4) is 0 Å². The first-order valence-electron chi connectivity index (χ1n) is 25.5. The molecule has 2 atom stereocenters. The number of unbranched alkanes of at least 4 members (excludes halogenated alkanes) is 30. The van der Waals surface area contributed by atoms with Gasteiger partial charge in [0, 0.05) is 39.3 Å². The second kappa shape index (κ2) is 36.6. The smallest absolute Gasteiger partial charge is 0.115 e. The third kappa shape index (κ3) is 34.6. The van der Waals surface area contributed by atoms with Gasteiger partial charge in [-0.25, -0.2) is 0 Å². The number of aliphatic hydroxyl groups is 2. The number of aliphatic hydroxyl groups excluding tert-OH is 2. The fraction of sp³-hybridized carbons (Fsp3) is 1.00. The molecule has 336 valence electrons. The molecule has 1 saturated heterocycles. The molecular formula is C50H106N4O2+2. The van der Waals surface area contributed by atoms with Crippen LogP contribution in [0.4, 0.5) is 0 Å². The van der Waals surface area contributed by atoms with Crippen LogP contribution in [-0.2, 0) is 0 Å². The lowest BCUT2D eigenvalue weighted by Crippen LogP contribution is -2.54. The zero-order valence-corrected chi connectivity index (χ0v) is 39.5. The first-order valence-corrected chi connectivity index (χ1v) is 25.5. The van der Waals surface area contributed by atoms with E-state index in [1.54, 1.807) is 0 Å². The monoisotopic (exact) mass is 795 g/mol. The molecule has 0 saturated carbocycles. The molecule has 0 amide bonds. The summed E-state index contributed by atoms with van der Waals surface area (Å²) in [5.41, 5.74) is 0. The van der Waals surface area contributed by atoms with Crippen molar-refractivity contribution in [1.82, 2.24) is 9.80 Å². The summed E-state index contributed by atoms with van der Waals surface area (Å²) in [4.78, 5) is 4.89. The summed E-state index contributed by atoms with van der Waals surface area (Å²) in [5.74, 6) is 0. The van der Waals surface area contributed by atoms with Crippen molar-refractivity contribution in [3.63, 3.8) is 0 Å². The maximum atomic E-state index is 11.0. The van der Waals surface area contributed by atoms with Crippen LogP contribution in [-0.4, -0.2) is 135 Å². The number of β-amino-alcohol motifs (C(OH)–C–C–N with tert-alkyl or cyclic N) is 2. The average Bonchev–Trinajstić information content (AvgIpc) is 3.14. The highest BCUT2D eigenvalue weighted by atomic mass is 16.3. The molecule has 1 heterocycles. The summed E-state index contributed by atoms with van der Waals surface area (Å²) >= 11 is 0. The van der Waals surface area contributed by atoms with Crippen molar-refractivity contribution in [3.05, 3.63) is 0 Å². The van der Waals surface area contributed by atoms with Crippen molar-refractivity contribution >= 4 is 0 Å². The van der Waals surface area contributed by atoms with Gasteiger partial charge in [-0.3, -0.25) is 9.80 Å². The first-order chi connectivity index (χ1) is 27.1. The van der Waals surface area contributed by atoms with Crippen LogP contribution in [0.25, 0.3) is 0 Å². The number of hydrogen-bond donors (Lipinski definition) is 2. The summed E-state index contributed by atoms with van der Waals surface area (Å²) < 4.78 is 1.83. The van der Waals surface area contributed by atoms with E-state index >= 15 is 0 Å². The molecule has 1 fully saturated rings. The van der Waals surface area contributed by atoms with Gasteiger partial charge in [-0.05, 0) is 25.7 Å². The highest BCUT2D eigenvalue weighted by molar-refractivity contribution is 4.76. The highest BCUT2D eigenvalue weighted by Crippen LogP contribution is 2.17. The lowest BCUT2D eigenvalue weighted by molar-refractivity contribution is -0.893. The first kappa shape index (κ1) is 53.8. The Balaban J connectivity index is 2.00. The van der Waals surface area contributed by atoms with E-state index in [2.05, 4.69) is 51.8 Å². The van der Waals surface area contributed by atoms with Crippen molar-refractivity contribution in [2.24, 2.45) is 0 Å². The number of hydrogen-bond acceptors (Lipinski definition) is 4. The minimum Gasteiger partial charge on any atom is -0.386 e. The summed E-state index contributed by atoms with van der Waals surface area (Å²) in [6.07, 6.45) is 44.6. The summed E-state index contributed by atoms with van der Waals surface area (Å²) in [5, 5.41) is 22.0. The number of nitrogens with zero attached hydrogens (tertiary/aromatic N) is 4. The second-order valence-electron chi connectivity index (χ2n) is 20.2. The van der Waals surface area contributed by atoms with E-state index in [1.165, 1.54) is 205 Å². The lowest BCUT2D eigenvalue weighted by Gasteiger charge is -2.39. The molecule has 0 aromatic rings. The van der Waals surface area contributed by atoms with Crippen molar-refractivity contribution in [3.8, 4) is 0 Å². The van der Waals surface area contributed by atoms with Gasteiger partial charge in [0.25, 0.3) is 0 Å². The Hall–Kier alpha value is -0.240. The topological polar surface area (TPSA) is 46.9 Å². The van der Waals surface area contributed by atoms with Crippen LogP contribution in [0.2, 0.25) is 0 Å². The van der Waals surface area contributed by atoms with Crippen LogP contribution in [0, 0.1) is 0 Å². The molecule has 2 N–H and O–H groups in total. The van der Waals surface area contributed by atoms with Crippen molar-refractivity contribution < 1.29 is 19.2 Å². The largest absolute Gasteiger partial charge is 0.386 e. The Morgan fingerprint density at radius 3 is 0.750 bits per heavy atom. The fourth-order valence-corrected chi connectivity index (χ4v) is 9.37. The Morgan fingerprint density at radius 2 is 0.536 bits per heavy atom. The molecule has 2 unspecified atom stereocenters. The van der Waals surface area contributed by atoms with Crippen molar-refractivity contribution in [2.75, 3.05) is 93.6 Å². The molecule has 56 heavy (non-hydrogen) atoms. The predicted molar refractivity (Wildman–Crippen MR) is 248 cm³/mol. The number of quaternary nitrogens is 2. The van der Waals surface area contributed by atoms with E-state index in [-0.39, 0.29) is 12.2 Å². The van der Waals surface area contributed by atoms with Gasteiger partial charge in [-0.15, -0.1) is 0 Å². The van der Waals surface area contributed by atoms with Crippen LogP contribution >= 0.6 is 0 Å². The van der Waals surface area contributed by atoms with Gasteiger partial charge in [0.05, 0.1) is 41.3 Å². The van der Waals surface area contributed by atoms with E-state index < -0.39 is 0 Å². The normalized spacial score (nSPS) is 15.9. The molecule has 0 aromatic heterocycles. The summed E-state index contributed by atoms with van der Waals surface area (Å²) in [6, 6.07) is 0. The number of rotatable bonds is 42. The minimum atomic E-state index is -0.272. The van der Waals surface area contributed by atoms with Gasteiger partial charge < -0.3 is 19.2 Å². The summed E-state index contributed by atoms with van der Waals surface area (Å²) in [6.45, 7) is 14.1. The van der Waals surface area contributed by atoms with Crippen LogP contribution in [0.1, 0.15) is 219 Å². The molecule has 6 nitrogen and oxygen atoms in total. The molecule has 1 rings (SSSR count). The summed E-state index contributed by atoms with van der Waals surface area (Å²) in [7, 11) is 9.20. The molecule has 1 aliphatic rings. The van der Waals surface area contributed by atoms with Crippen LogP contribution < -0.4 is 0 Å². The zero-order chi connectivity index (χ0) is 41.0. The average molecular weight is 795 g/mol. The molecule has 6 heteroatoms. The molecule has 0 aliphatic carbocycles. The van der Waals surface area contributed by atoms with E-state index in [1.807, 2.05) is 0 Å². The predicted octanol–water partition coefficient (Wildman–Crippen LogP) is 12.0. The lowest BCUT2D eigenvalue weighted by atomic mass is 10.0. The van der Waals surface area contributed by atoms with Gasteiger partial charge in [0.1, 0.15) is 25.3 Å². The second-order valence-corrected chi connectivity index (χ2v) is 20.2. The molecule has 0 bridgehead atoms. The van der Waals surface area contributed by atoms with E-state index in [9.17, 15) is 10.2 Å². The Bertz CT molecular complexity index is 749. The Morgan fingerprint density at radius 1 is 0.339 bits per heavy atom. The fourth-order valence-electron chi connectivity index (χ4n) is 9.37. The molecule has 0 spiro atoms. The van der Waals surface area contributed by atoms with Gasteiger partial charge >= 0.3 is 0 Å². The minimum absolute atomic E-state index is 0.272. The van der Waals surface area contributed by atoms with Crippen molar-refractivity contribution in [2.45, 2.75) is 232 Å². The van der Waals surface area contributed by atoms with Crippen LogP contribution in [0.5, 0.6) is 0 Å². The SMILES string of the molecule is CCCCCCCCCCCCCCCCCC[N+](C)(C)CC(O)CN1CCN(CC(O)C[N+](C)(C)CCCCCCCCCCCCCCCCCC)CC1.